The van der Waals surface area contributed by atoms with Crippen molar-refractivity contribution in [2.24, 2.45) is 0 Å². The molecule has 0 bridgehead atoms. The van der Waals surface area contributed by atoms with Crippen LogP contribution in [0.4, 0.5) is 0 Å². The van der Waals surface area contributed by atoms with Crippen molar-refractivity contribution in [2.45, 2.75) is 32.2 Å². The Morgan fingerprint density at radius 1 is 0.974 bits per heavy atom. The summed E-state index contributed by atoms with van der Waals surface area (Å²) >= 11 is 0. The van der Waals surface area contributed by atoms with Gasteiger partial charge >= 0.3 is 0 Å². The predicted octanol–water partition coefficient (Wildman–Crippen LogP) is 5.81. The van der Waals surface area contributed by atoms with Crippen LogP contribution in [-0.4, -0.2) is 54.8 Å². The number of nitrogens with one attached hydrogen (secondary N) is 1. The van der Waals surface area contributed by atoms with E-state index in [0.717, 1.165) is 62.9 Å². The number of para-hydroxylation sites is 2. The lowest BCUT2D eigenvalue weighted by Crippen LogP contribution is -2.38. The number of benzene rings is 3. The lowest BCUT2D eigenvalue weighted by atomic mass is 9.88. The first-order chi connectivity index (χ1) is 18.7. The van der Waals surface area contributed by atoms with E-state index in [2.05, 4.69) is 64.3 Å². The molecule has 1 saturated heterocycles. The molecule has 1 N–H and O–H groups in total. The smallest absolute Gasteiger partial charge is 0.220 e. The molecule has 0 saturated carbocycles. The molecule has 1 aromatic heterocycles. The minimum absolute atomic E-state index is 0.0692. The Morgan fingerprint density at radius 3 is 2.55 bits per heavy atom. The van der Waals surface area contributed by atoms with E-state index in [0.29, 0.717) is 13.0 Å². The molecular weight excluding hydrogens is 474 g/mol. The number of hydrogen-bond acceptors (Lipinski definition) is 4. The first-order valence-electron chi connectivity index (χ1n) is 13.7. The summed E-state index contributed by atoms with van der Waals surface area (Å²) in [5.41, 5.74) is 3.43. The van der Waals surface area contributed by atoms with Gasteiger partial charge < -0.3 is 19.4 Å². The van der Waals surface area contributed by atoms with Crippen LogP contribution < -0.4 is 10.1 Å². The molecule has 6 nitrogen and oxygen atoms in total. The lowest BCUT2D eigenvalue weighted by Gasteiger charge is -2.26. The van der Waals surface area contributed by atoms with Gasteiger partial charge in [-0.3, -0.25) is 9.69 Å². The standard InChI is InChI=1S/C32H37N3O3/c1-2-35-24-30(28-14-6-7-15-31(28)35)29(23-32(36)33-16-9-17-34-18-20-37-21-19-34)25-10-8-13-27(22-25)38-26-11-4-3-5-12-26/h3-8,10-15,22,24,29H,2,9,16-21,23H2,1H3,(H,33,36). The largest absolute Gasteiger partial charge is 0.457 e. The average molecular weight is 512 g/mol. The fourth-order valence-electron chi connectivity index (χ4n) is 5.25. The molecule has 1 fully saturated rings. The zero-order chi connectivity index (χ0) is 26.2. The molecule has 0 spiro atoms. The molecule has 38 heavy (non-hydrogen) atoms. The zero-order valence-electron chi connectivity index (χ0n) is 22.1. The summed E-state index contributed by atoms with van der Waals surface area (Å²) in [5, 5.41) is 4.37. The van der Waals surface area contributed by atoms with Crippen molar-refractivity contribution in [3.05, 3.63) is 96.2 Å². The molecule has 0 aliphatic carbocycles. The number of hydrogen-bond donors (Lipinski definition) is 1. The molecule has 6 heteroatoms. The Balaban J connectivity index is 1.36. The van der Waals surface area contributed by atoms with Crippen molar-refractivity contribution < 1.29 is 14.3 Å². The second-order valence-electron chi connectivity index (χ2n) is 9.79. The summed E-state index contributed by atoms with van der Waals surface area (Å²) in [4.78, 5) is 15.7. The maximum Gasteiger partial charge on any atom is 0.220 e. The summed E-state index contributed by atoms with van der Waals surface area (Å²) in [7, 11) is 0. The number of morpholine rings is 1. The maximum absolute atomic E-state index is 13.3. The van der Waals surface area contributed by atoms with Gasteiger partial charge in [-0.1, -0.05) is 48.5 Å². The van der Waals surface area contributed by atoms with E-state index < -0.39 is 0 Å². The molecule has 1 aliphatic rings. The Kier molecular flexibility index (Phi) is 8.74. The van der Waals surface area contributed by atoms with Gasteiger partial charge in [-0.2, -0.15) is 0 Å². The first kappa shape index (κ1) is 26.0. The van der Waals surface area contributed by atoms with Crippen LogP contribution >= 0.6 is 0 Å². The average Bonchev–Trinajstić information content (AvgIpc) is 3.34. The van der Waals surface area contributed by atoms with Crippen LogP contribution in [0.2, 0.25) is 0 Å². The van der Waals surface area contributed by atoms with E-state index in [9.17, 15) is 4.79 Å². The normalized spacial score (nSPS) is 14.9. The van der Waals surface area contributed by atoms with Crippen molar-refractivity contribution >= 4 is 16.8 Å². The first-order valence-corrected chi connectivity index (χ1v) is 13.7. The van der Waals surface area contributed by atoms with Crippen molar-refractivity contribution in [1.82, 2.24) is 14.8 Å². The fraction of sp³-hybridized carbons (Fsp3) is 0.344. The highest BCUT2D eigenvalue weighted by Gasteiger charge is 2.23. The number of aromatic nitrogens is 1. The number of rotatable bonds is 11. The third-order valence-corrected chi connectivity index (χ3v) is 7.24. The van der Waals surface area contributed by atoms with E-state index in [1.807, 2.05) is 42.5 Å². The van der Waals surface area contributed by atoms with Gasteiger partial charge in [0, 0.05) is 55.6 Å². The summed E-state index contributed by atoms with van der Waals surface area (Å²) < 4.78 is 13.8. The Morgan fingerprint density at radius 2 is 1.74 bits per heavy atom. The van der Waals surface area contributed by atoms with Crippen molar-refractivity contribution in [3.8, 4) is 11.5 Å². The van der Waals surface area contributed by atoms with Gasteiger partial charge in [0.1, 0.15) is 11.5 Å². The van der Waals surface area contributed by atoms with Crippen LogP contribution in [0.15, 0.2) is 85.1 Å². The van der Waals surface area contributed by atoms with E-state index >= 15 is 0 Å². The third-order valence-electron chi connectivity index (χ3n) is 7.24. The van der Waals surface area contributed by atoms with Crippen molar-refractivity contribution in [2.75, 3.05) is 39.4 Å². The van der Waals surface area contributed by atoms with Gasteiger partial charge in [-0.25, -0.2) is 0 Å². The van der Waals surface area contributed by atoms with Crippen LogP contribution in [0.3, 0.4) is 0 Å². The highest BCUT2D eigenvalue weighted by Crippen LogP contribution is 2.36. The summed E-state index contributed by atoms with van der Waals surface area (Å²) in [6.45, 7) is 8.22. The van der Waals surface area contributed by atoms with Crippen LogP contribution in [0.1, 0.15) is 36.8 Å². The van der Waals surface area contributed by atoms with E-state index in [1.165, 1.54) is 16.5 Å². The molecule has 0 radical (unpaired) electrons. The van der Waals surface area contributed by atoms with Crippen molar-refractivity contribution in [1.29, 1.82) is 0 Å². The Hall–Kier alpha value is -3.61. The minimum Gasteiger partial charge on any atom is -0.457 e. The molecule has 1 amide bonds. The molecule has 3 aromatic carbocycles. The lowest BCUT2D eigenvalue weighted by molar-refractivity contribution is -0.121. The number of nitrogens with zero attached hydrogens (tertiary/aromatic N) is 2. The number of amides is 1. The van der Waals surface area contributed by atoms with Gasteiger partial charge in [0.25, 0.3) is 0 Å². The monoisotopic (exact) mass is 511 g/mol. The van der Waals surface area contributed by atoms with Crippen LogP contribution in [0.5, 0.6) is 11.5 Å². The Bertz CT molecular complexity index is 1330. The molecule has 2 heterocycles. The molecule has 4 aromatic rings. The highest BCUT2D eigenvalue weighted by atomic mass is 16.5. The summed E-state index contributed by atoms with van der Waals surface area (Å²) in [5.74, 6) is 1.54. The van der Waals surface area contributed by atoms with E-state index in [-0.39, 0.29) is 11.8 Å². The molecular formula is C32H37N3O3. The molecule has 1 aliphatic heterocycles. The van der Waals surface area contributed by atoms with Gasteiger partial charge in [-0.05, 0) is 61.3 Å². The molecule has 198 valence electrons. The zero-order valence-corrected chi connectivity index (χ0v) is 22.1. The topological polar surface area (TPSA) is 55.7 Å². The second kappa shape index (κ2) is 12.8. The SMILES string of the molecule is CCn1cc(C(CC(=O)NCCCN2CCOCC2)c2cccc(Oc3ccccc3)c2)c2ccccc21. The van der Waals surface area contributed by atoms with Crippen molar-refractivity contribution in [3.63, 3.8) is 0 Å². The van der Waals surface area contributed by atoms with Crippen LogP contribution in [0, 0.1) is 0 Å². The number of ether oxygens (including phenoxy) is 2. The fourth-order valence-corrected chi connectivity index (χ4v) is 5.25. The van der Waals surface area contributed by atoms with Gasteiger partial charge in [0.2, 0.25) is 5.91 Å². The molecule has 5 rings (SSSR count). The summed E-state index contributed by atoms with van der Waals surface area (Å²) in [6.07, 6.45) is 3.53. The maximum atomic E-state index is 13.3. The highest BCUT2D eigenvalue weighted by molar-refractivity contribution is 5.86. The Labute approximate surface area is 225 Å². The van der Waals surface area contributed by atoms with E-state index in [1.54, 1.807) is 0 Å². The minimum atomic E-state index is -0.0914. The van der Waals surface area contributed by atoms with Gasteiger partial charge in [0.05, 0.1) is 13.2 Å². The summed E-state index contributed by atoms with van der Waals surface area (Å²) in [6, 6.07) is 26.4. The van der Waals surface area contributed by atoms with Crippen LogP contribution in [-0.2, 0) is 16.1 Å². The third kappa shape index (κ3) is 6.44. The number of aryl methyl sites for hydroxylation is 1. The van der Waals surface area contributed by atoms with Gasteiger partial charge in [0.15, 0.2) is 0 Å². The number of carbonyl (C=O) groups excluding carboxylic acids is 1. The molecule has 1 unspecified atom stereocenters. The predicted molar refractivity (Wildman–Crippen MR) is 152 cm³/mol. The second-order valence-corrected chi connectivity index (χ2v) is 9.79. The quantitative estimate of drug-likeness (QED) is 0.258. The van der Waals surface area contributed by atoms with Gasteiger partial charge in [-0.15, -0.1) is 0 Å². The van der Waals surface area contributed by atoms with Crippen LogP contribution in [0.25, 0.3) is 10.9 Å². The molecule has 1 atom stereocenters. The number of carbonyl (C=O) groups is 1. The number of fused-ring (bicyclic) bond motifs is 1. The van der Waals surface area contributed by atoms with E-state index in [4.69, 9.17) is 9.47 Å².